The first-order valence-corrected chi connectivity index (χ1v) is 27.5. The average molecular weight is 1010 g/mol. The highest BCUT2D eigenvalue weighted by Gasteiger charge is 2.54. The molecule has 1 rings (SSSR count). The van der Waals surface area contributed by atoms with Crippen LogP contribution in [-0.4, -0.2) is 109 Å². The Morgan fingerprint density at radius 3 is 1.57 bits per heavy atom. The van der Waals surface area contributed by atoms with Gasteiger partial charge < -0.3 is 44.6 Å². The molecule has 0 aliphatic heterocycles. The largest absolute Gasteiger partial charge is 0.472 e. The highest BCUT2D eigenvalue weighted by atomic mass is 31.2. The number of esters is 2. The highest BCUT2D eigenvalue weighted by molar-refractivity contribution is 7.47. The fourth-order valence-corrected chi connectivity index (χ4v) is 8.41. The zero-order chi connectivity index (χ0) is 50.5. The molecular formula is C49H82O17P2. The van der Waals surface area contributed by atoms with Gasteiger partial charge in [-0.2, -0.15) is 0 Å². The Kier molecular flexibility index (Phi) is 36.0. The molecule has 5 unspecified atom stereocenters. The molecule has 7 N–H and O–H groups in total. The molecule has 19 heteroatoms. The number of rotatable bonds is 40. The number of hydrogen-bond donors (Lipinski definition) is 7. The molecule has 0 aromatic heterocycles. The summed E-state index contributed by atoms with van der Waals surface area (Å²) in [4.78, 5) is 66.1. The molecule has 1 aliphatic rings. The van der Waals surface area contributed by atoms with Crippen LogP contribution in [0, 0.1) is 0 Å². The third-order valence-electron chi connectivity index (χ3n) is 10.7. The lowest BCUT2D eigenvalue weighted by molar-refractivity contribution is -0.216. The van der Waals surface area contributed by atoms with E-state index in [9.17, 15) is 58.6 Å². The first-order valence-electron chi connectivity index (χ1n) is 24.4. The smallest absolute Gasteiger partial charge is 0.462 e. The lowest BCUT2D eigenvalue weighted by Gasteiger charge is -2.43. The Labute approximate surface area is 404 Å². The van der Waals surface area contributed by atoms with Gasteiger partial charge in [-0.1, -0.05) is 132 Å². The van der Waals surface area contributed by atoms with E-state index in [1.807, 2.05) is 12.2 Å². The number of aliphatic hydroxyl groups excluding tert-OH is 4. The van der Waals surface area contributed by atoms with Crippen molar-refractivity contribution in [1.29, 1.82) is 0 Å². The van der Waals surface area contributed by atoms with Crippen molar-refractivity contribution >= 4 is 33.4 Å². The predicted molar refractivity (Wildman–Crippen MR) is 260 cm³/mol. The molecule has 1 fully saturated rings. The molecule has 390 valence electrons. The fraction of sp³-hybridized carbons (Fsp3) is 0.694. The molecule has 0 spiro atoms. The van der Waals surface area contributed by atoms with E-state index in [1.54, 1.807) is 12.2 Å². The molecule has 0 aromatic carbocycles. The second-order valence-corrected chi connectivity index (χ2v) is 19.5. The van der Waals surface area contributed by atoms with Crippen molar-refractivity contribution in [2.24, 2.45) is 0 Å². The van der Waals surface area contributed by atoms with Gasteiger partial charge in [-0.25, -0.2) is 9.13 Å². The summed E-state index contributed by atoms with van der Waals surface area (Å²) in [5.41, 5.74) is 0. The normalized spacial score (nSPS) is 21.8. The van der Waals surface area contributed by atoms with E-state index in [0.29, 0.717) is 25.7 Å². The van der Waals surface area contributed by atoms with E-state index in [4.69, 9.17) is 18.5 Å². The van der Waals surface area contributed by atoms with Crippen molar-refractivity contribution in [1.82, 2.24) is 0 Å². The van der Waals surface area contributed by atoms with E-state index in [-0.39, 0.29) is 18.6 Å². The second-order valence-electron chi connectivity index (χ2n) is 16.9. The molecule has 1 saturated carbocycles. The minimum Gasteiger partial charge on any atom is -0.462 e. The number of carbonyl (C=O) groups excluding carboxylic acids is 3. The van der Waals surface area contributed by atoms with Crippen molar-refractivity contribution in [2.45, 2.75) is 204 Å². The van der Waals surface area contributed by atoms with Crippen LogP contribution in [0.3, 0.4) is 0 Å². The summed E-state index contributed by atoms with van der Waals surface area (Å²) in [7, 11) is -10.7. The van der Waals surface area contributed by atoms with Crippen molar-refractivity contribution in [3.8, 4) is 0 Å². The zero-order valence-electron chi connectivity index (χ0n) is 40.3. The van der Waals surface area contributed by atoms with Crippen LogP contribution in [0.4, 0.5) is 0 Å². The molecule has 68 heavy (non-hydrogen) atoms. The maximum atomic E-state index is 13.0. The Bertz CT molecular complexity index is 1650. The zero-order valence-corrected chi connectivity index (χ0v) is 42.0. The molecule has 17 nitrogen and oxygen atoms in total. The van der Waals surface area contributed by atoms with Crippen molar-refractivity contribution in [2.75, 3.05) is 13.2 Å². The minimum atomic E-state index is -5.38. The van der Waals surface area contributed by atoms with Gasteiger partial charge in [0.2, 0.25) is 0 Å². The van der Waals surface area contributed by atoms with Crippen LogP contribution in [0.5, 0.6) is 0 Å². The third-order valence-corrected chi connectivity index (χ3v) is 12.2. The van der Waals surface area contributed by atoms with Crippen LogP contribution in [0.1, 0.15) is 162 Å². The van der Waals surface area contributed by atoms with E-state index in [0.717, 1.165) is 89.9 Å². The van der Waals surface area contributed by atoms with E-state index >= 15 is 0 Å². The van der Waals surface area contributed by atoms with E-state index in [1.165, 1.54) is 19.3 Å². The van der Waals surface area contributed by atoms with Crippen LogP contribution in [0.25, 0.3) is 0 Å². The van der Waals surface area contributed by atoms with Gasteiger partial charge in [-0.3, -0.25) is 28.0 Å². The SMILES string of the molecule is CCCCC/C=C\C/C=C\C/C=C\C/C=C\CCCCCC(=O)O[C@H](COC(=O)CCCCCCC/C=C\C=C\C(=O)CCCCC)COP(=O)(O)O[C@H]1C(O)C(O)C(O)[C@@H](OP(=O)(O)O)C1O. The Morgan fingerprint density at radius 2 is 0.985 bits per heavy atom. The summed E-state index contributed by atoms with van der Waals surface area (Å²) in [6.07, 6.45) is 28.3. The van der Waals surface area contributed by atoms with Crippen LogP contribution in [0.2, 0.25) is 0 Å². The minimum absolute atomic E-state index is 0.0146. The number of unbranched alkanes of at least 4 members (excludes halogenated alkanes) is 13. The van der Waals surface area contributed by atoms with Gasteiger partial charge in [-0.05, 0) is 83.1 Å². The van der Waals surface area contributed by atoms with Crippen LogP contribution < -0.4 is 0 Å². The monoisotopic (exact) mass is 1000 g/mol. The number of phosphoric ester groups is 2. The number of carbonyl (C=O) groups is 3. The Hall–Kier alpha value is -2.89. The number of aliphatic hydroxyl groups is 4. The summed E-state index contributed by atoms with van der Waals surface area (Å²) in [5, 5.41) is 41.3. The first kappa shape index (κ1) is 63.1. The van der Waals surface area contributed by atoms with Gasteiger partial charge in [-0.15, -0.1) is 0 Å². The maximum absolute atomic E-state index is 13.0. The van der Waals surface area contributed by atoms with Crippen LogP contribution in [0.15, 0.2) is 72.9 Å². The van der Waals surface area contributed by atoms with Crippen molar-refractivity contribution in [3.05, 3.63) is 72.9 Å². The number of allylic oxidation sites excluding steroid dienone is 12. The second kappa shape index (κ2) is 38.8. The average Bonchev–Trinajstić information content (AvgIpc) is 3.29. The van der Waals surface area contributed by atoms with Crippen molar-refractivity contribution in [3.63, 3.8) is 0 Å². The molecule has 0 heterocycles. The summed E-state index contributed by atoms with van der Waals surface area (Å²) < 4.78 is 49.3. The van der Waals surface area contributed by atoms with Gasteiger partial charge in [0.05, 0.1) is 6.61 Å². The molecular weight excluding hydrogens is 922 g/mol. The summed E-state index contributed by atoms with van der Waals surface area (Å²) in [6, 6.07) is 0. The molecule has 0 aromatic rings. The number of hydrogen-bond acceptors (Lipinski definition) is 14. The number of ketones is 1. The maximum Gasteiger partial charge on any atom is 0.472 e. The Morgan fingerprint density at radius 1 is 0.515 bits per heavy atom. The standard InChI is InChI=1S/C49H82O17P2/c1-3-5-7-8-9-10-11-12-13-14-15-16-17-18-19-22-26-29-33-37-43(52)64-41(38-62-42(51)36-32-28-25-23-20-21-24-27-31-35-40(50)34-30-6-4-2)39-63-68(60,61)66-49-46(55)44(53)45(54)48(47(49)56)65-67(57,58)59/h9-10,12-13,15-16,18-19,24,27,31,35,41,44-49,53-56H,3-8,11,14,17,20-23,25-26,28-30,32-34,36-39H2,1-2H3,(H,60,61)(H2,57,58,59)/b10-9-,13-12-,16-15-,19-18-,27-24-,35-31+/t41-,44?,45?,46?,47?,48-,49+/m1/s1. The lowest BCUT2D eigenvalue weighted by Crippen LogP contribution is -2.64. The first-order chi connectivity index (χ1) is 32.5. The van der Waals surface area contributed by atoms with Gasteiger partial charge in [0.25, 0.3) is 0 Å². The van der Waals surface area contributed by atoms with Gasteiger partial charge in [0.15, 0.2) is 11.9 Å². The molecule has 0 radical (unpaired) electrons. The molecule has 8 atom stereocenters. The quantitative estimate of drug-likeness (QED) is 0.00754. The predicted octanol–water partition coefficient (Wildman–Crippen LogP) is 8.80. The number of phosphoric acid groups is 2. The van der Waals surface area contributed by atoms with Gasteiger partial charge in [0.1, 0.15) is 43.2 Å². The van der Waals surface area contributed by atoms with Crippen LogP contribution >= 0.6 is 15.6 Å². The summed E-state index contributed by atoms with van der Waals surface area (Å²) in [6.45, 7) is 2.87. The molecule has 1 aliphatic carbocycles. The van der Waals surface area contributed by atoms with E-state index < -0.39 is 83.5 Å². The van der Waals surface area contributed by atoms with Crippen LogP contribution in [-0.2, 0) is 46.6 Å². The van der Waals surface area contributed by atoms with Gasteiger partial charge in [0, 0.05) is 19.3 Å². The van der Waals surface area contributed by atoms with Gasteiger partial charge >= 0.3 is 27.6 Å². The number of ether oxygens (including phenoxy) is 2. The fourth-order valence-electron chi connectivity index (χ4n) is 6.87. The molecule has 0 amide bonds. The van der Waals surface area contributed by atoms with Crippen molar-refractivity contribution < 1.29 is 81.7 Å². The summed E-state index contributed by atoms with van der Waals surface area (Å²) in [5.74, 6) is -1.18. The highest BCUT2D eigenvalue weighted by Crippen LogP contribution is 2.49. The van der Waals surface area contributed by atoms with E-state index in [2.05, 4.69) is 67.0 Å². The lowest BCUT2D eigenvalue weighted by atomic mass is 9.85. The summed E-state index contributed by atoms with van der Waals surface area (Å²) >= 11 is 0. The Balaban J connectivity index is 2.63. The molecule has 0 bridgehead atoms. The topological polar surface area (TPSA) is 273 Å². The molecule has 0 saturated heterocycles. The third kappa shape index (κ3) is 32.8.